The second kappa shape index (κ2) is 10.5. The molecule has 2 aliphatic carbocycles. The molecule has 2 rings (SSSR count). The average Bonchev–Trinajstić information content (AvgIpc) is 3.06. The smallest absolute Gasteiger partial charge is 0.0721 e. The lowest BCUT2D eigenvalue weighted by molar-refractivity contribution is 0.139. The van der Waals surface area contributed by atoms with Gasteiger partial charge in [-0.1, -0.05) is 50.0 Å². The lowest BCUT2D eigenvalue weighted by Gasteiger charge is -2.19. The van der Waals surface area contributed by atoms with Crippen LogP contribution in [0.3, 0.4) is 0 Å². The summed E-state index contributed by atoms with van der Waals surface area (Å²) in [5, 5.41) is 24.0. The van der Waals surface area contributed by atoms with Crippen molar-refractivity contribution in [1.29, 1.82) is 0 Å². The maximum atomic E-state index is 10.4. The second-order valence-electron chi connectivity index (χ2n) is 8.17. The number of nitrogens with one attached hydrogen (secondary N) is 1. The molecule has 0 heterocycles. The molecule has 0 aromatic heterocycles. The SMILES string of the molecule is CCCCC[C@H](O)/C=C/[C@@H]1[C@H]2CC(CNCCN(C)C)=C[C@H]2C[C@H]1O. The Morgan fingerprint density at radius 2 is 2.16 bits per heavy atom. The van der Waals surface area contributed by atoms with Crippen LogP contribution in [0.15, 0.2) is 23.8 Å². The van der Waals surface area contributed by atoms with Crippen molar-refractivity contribution in [2.24, 2.45) is 17.8 Å². The number of aliphatic hydroxyl groups excluding tert-OH is 2. The van der Waals surface area contributed by atoms with Crippen LogP contribution < -0.4 is 5.32 Å². The van der Waals surface area contributed by atoms with Crippen molar-refractivity contribution >= 4 is 0 Å². The quantitative estimate of drug-likeness (QED) is 0.396. The van der Waals surface area contributed by atoms with Gasteiger partial charge in [0.25, 0.3) is 0 Å². The summed E-state index contributed by atoms with van der Waals surface area (Å²) in [5.74, 6) is 1.22. The molecule has 0 spiro atoms. The molecule has 0 aliphatic heterocycles. The summed E-state index contributed by atoms with van der Waals surface area (Å²) in [6, 6.07) is 0. The van der Waals surface area contributed by atoms with Gasteiger partial charge in [-0.25, -0.2) is 0 Å². The number of allylic oxidation sites excluding steroid dienone is 1. The predicted octanol–water partition coefficient (Wildman–Crippen LogP) is 2.58. The fourth-order valence-corrected chi connectivity index (χ4v) is 4.24. The maximum absolute atomic E-state index is 10.4. The molecular formula is C21H38N2O2. The van der Waals surface area contributed by atoms with Gasteiger partial charge in [0, 0.05) is 25.6 Å². The average molecular weight is 351 g/mol. The lowest BCUT2D eigenvalue weighted by atomic mass is 9.89. The summed E-state index contributed by atoms with van der Waals surface area (Å²) in [6.07, 6.45) is 12.0. The molecule has 0 saturated heterocycles. The molecule has 1 fully saturated rings. The first-order chi connectivity index (χ1) is 12.0. The molecule has 0 unspecified atom stereocenters. The van der Waals surface area contributed by atoms with Crippen LogP contribution in [0.1, 0.15) is 45.4 Å². The second-order valence-corrected chi connectivity index (χ2v) is 8.17. The van der Waals surface area contributed by atoms with E-state index < -0.39 is 0 Å². The Kier molecular flexibility index (Phi) is 8.63. The van der Waals surface area contributed by atoms with E-state index in [0.717, 1.165) is 45.3 Å². The lowest BCUT2D eigenvalue weighted by Crippen LogP contribution is -2.28. The normalized spacial score (nSPS) is 30.2. The molecule has 4 nitrogen and oxygen atoms in total. The summed E-state index contributed by atoms with van der Waals surface area (Å²) in [4.78, 5) is 2.19. The number of fused-ring (bicyclic) bond motifs is 1. The Hall–Kier alpha value is -0.680. The van der Waals surface area contributed by atoms with Crippen LogP contribution in [-0.2, 0) is 0 Å². The van der Waals surface area contributed by atoms with Crippen molar-refractivity contribution < 1.29 is 10.2 Å². The number of likely N-dealkylation sites (N-methyl/N-ethyl adjacent to an activating group) is 1. The maximum Gasteiger partial charge on any atom is 0.0721 e. The molecule has 0 bridgehead atoms. The third-order valence-corrected chi connectivity index (χ3v) is 5.70. The third-order valence-electron chi connectivity index (χ3n) is 5.70. The van der Waals surface area contributed by atoms with Gasteiger partial charge in [0.1, 0.15) is 0 Å². The van der Waals surface area contributed by atoms with Crippen LogP contribution in [-0.4, -0.2) is 61.1 Å². The Bertz CT molecular complexity index is 447. The molecule has 3 N–H and O–H groups in total. The highest BCUT2D eigenvalue weighted by atomic mass is 16.3. The van der Waals surface area contributed by atoms with Gasteiger partial charge in [-0.3, -0.25) is 0 Å². The Morgan fingerprint density at radius 3 is 2.88 bits per heavy atom. The minimum atomic E-state index is -0.362. The number of rotatable bonds is 11. The number of unbranched alkanes of at least 4 members (excludes halogenated alkanes) is 2. The molecule has 144 valence electrons. The predicted molar refractivity (Wildman–Crippen MR) is 105 cm³/mol. The first-order valence-electron chi connectivity index (χ1n) is 10.1. The van der Waals surface area contributed by atoms with E-state index in [1.54, 1.807) is 0 Å². The first-order valence-corrected chi connectivity index (χ1v) is 10.1. The van der Waals surface area contributed by atoms with E-state index in [2.05, 4.69) is 43.4 Å². The molecule has 5 atom stereocenters. The van der Waals surface area contributed by atoms with Crippen LogP contribution in [0.5, 0.6) is 0 Å². The molecule has 0 amide bonds. The van der Waals surface area contributed by atoms with Crippen LogP contribution >= 0.6 is 0 Å². The van der Waals surface area contributed by atoms with Gasteiger partial charge in [-0.15, -0.1) is 0 Å². The van der Waals surface area contributed by atoms with E-state index >= 15 is 0 Å². The number of hydrogen-bond donors (Lipinski definition) is 3. The van der Waals surface area contributed by atoms with Crippen LogP contribution in [0.25, 0.3) is 0 Å². The van der Waals surface area contributed by atoms with Crippen LogP contribution in [0, 0.1) is 17.8 Å². The number of hydrogen-bond acceptors (Lipinski definition) is 4. The van der Waals surface area contributed by atoms with Gasteiger partial charge in [0.15, 0.2) is 0 Å². The van der Waals surface area contributed by atoms with E-state index in [0.29, 0.717) is 11.8 Å². The van der Waals surface area contributed by atoms with Gasteiger partial charge in [-0.2, -0.15) is 0 Å². The highest BCUT2D eigenvalue weighted by Crippen LogP contribution is 2.47. The fraction of sp³-hybridized carbons (Fsp3) is 0.810. The topological polar surface area (TPSA) is 55.7 Å². The van der Waals surface area contributed by atoms with Gasteiger partial charge < -0.3 is 20.4 Å². The Morgan fingerprint density at radius 1 is 1.36 bits per heavy atom. The molecule has 4 heteroatoms. The third kappa shape index (κ3) is 6.52. The van der Waals surface area contributed by atoms with E-state index in [4.69, 9.17) is 0 Å². The van der Waals surface area contributed by atoms with Gasteiger partial charge >= 0.3 is 0 Å². The summed E-state index contributed by atoms with van der Waals surface area (Å²) in [7, 11) is 4.19. The van der Waals surface area contributed by atoms with Crippen molar-refractivity contribution in [2.45, 2.75) is 57.7 Å². The fourth-order valence-electron chi connectivity index (χ4n) is 4.24. The number of nitrogens with zero attached hydrogens (tertiary/aromatic N) is 1. The summed E-state index contributed by atoms with van der Waals surface area (Å²) in [5.41, 5.74) is 1.49. The van der Waals surface area contributed by atoms with E-state index in [1.165, 1.54) is 18.4 Å². The van der Waals surface area contributed by atoms with Gasteiger partial charge in [-0.05, 0) is 45.2 Å². The van der Waals surface area contributed by atoms with Crippen molar-refractivity contribution in [2.75, 3.05) is 33.7 Å². The van der Waals surface area contributed by atoms with Gasteiger partial charge in [0.2, 0.25) is 0 Å². The zero-order valence-corrected chi connectivity index (χ0v) is 16.3. The molecule has 2 aliphatic rings. The van der Waals surface area contributed by atoms with Crippen molar-refractivity contribution in [3.63, 3.8) is 0 Å². The Balaban J connectivity index is 1.78. The monoisotopic (exact) mass is 350 g/mol. The zero-order valence-electron chi connectivity index (χ0n) is 16.3. The van der Waals surface area contributed by atoms with Crippen molar-refractivity contribution in [1.82, 2.24) is 10.2 Å². The minimum absolute atomic E-state index is 0.196. The summed E-state index contributed by atoms with van der Waals surface area (Å²) in [6.45, 7) is 5.21. The minimum Gasteiger partial charge on any atom is -0.392 e. The van der Waals surface area contributed by atoms with Gasteiger partial charge in [0.05, 0.1) is 12.2 Å². The van der Waals surface area contributed by atoms with E-state index in [1.807, 2.05) is 6.08 Å². The van der Waals surface area contributed by atoms with E-state index in [9.17, 15) is 10.2 Å². The van der Waals surface area contributed by atoms with Crippen LogP contribution in [0.2, 0.25) is 0 Å². The Labute approximate surface area is 154 Å². The molecule has 0 aromatic rings. The first kappa shape index (κ1) is 20.6. The molecule has 0 aromatic carbocycles. The molecule has 25 heavy (non-hydrogen) atoms. The summed E-state index contributed by atoms with van der Waals surface area (Å²) < 4.78 is 0. The number of aliphatic hydroxyl groups is 2. The summed E-state index contributed by atoms with van der Waals surface area (Å²) >= 11 is 0. The largest absolute Gasteiger partial charge is 0.392 e. The molecule has 1 saturated carbocycles. The standard InChI is InChI=1S/C21H38N2O2/c1-4-5-6-7-18(24)8-9-19-20-13-16(12-17(20)14-21(19)25)15-22-10-11-23(2)3/h8-9,12,17-22,24-25H,4-7,10-11,13-15H2,1-3H3/b9-8+/t17-,18-,19+,20-,21+/m0/s1. The molecular weight excluding hydrogens is 312 g/mol. The van der Waals surface area contributed by atoms with Crippen molar-refractivity contribution in [3.8, 4) is 0 Å². The van der Waals surface area contributed by atoms with Crippen LogP contribution in [0.4, 0.5) is 0 Å². The molecule has 0 radical (unpaired) electrons. The highest BCUT2D eigenvalue weighted by Gasteiger charge is 2.43. The van der Waals surface area contributed by atoms with Crippen molar-refractivity contribution in [3.05, 3.63) is 23.8 Å². The van der Waals surface area contributed by atoms with E-state index in [-0.39, 0.29) is 18.1 Å². The highest BCUT2D eigenvalue weighted by molar-refractivity contribution is 5.21. The zero-order chi connectivity index (χ0) is 18.2.